The van der Waals surface area contributed by atoms with Crippen molar-refractivity contribution in [2.75, 3.05) is 42.9 Å². The number of likely N-dealkylation sites (tertiary alicyclic amines) is 1. The second-order valence-corrected chi connectivity index (χ2v) is 6.61. The molecule has 8 heteroatoms. The lowest BCUT2D eigenvalue weighted by atomic mass is 10.1. The van der Waals surface area contributed by atoms with Crippen molar-refractivity contribution in [3.63, 3.8) is 0 Å². The predicted molar refractivity (Wildman–Crippen MR) is 107 cm³/mol. The highest BCUT2D eigenvalue weighted by atomic mass is 35.5. The number of pyridine rings is 1. The minimum Gasteiger partial charge on any atom is -0.357 e. The fourth-order valence-corrected chi connectivity index (χ4v) is 3.28. The first-order valence-corrected chi connectivity index (χ1v) is 8.69. The zero-order chi connectivity index (χ0) is 16.1. The second kappa shape index (κ2) is 10.8. The second-order valence-electron chi connectivity index (χ2n) is 6.61. The van der Waals surface area contributed by atoms with Crippen LogP contribution in [0.25, 0.3) is 0 Å². The molecule has 1 amide bonds. The standard InChI is InChI=1S/C17H27N5O.2ClH/c18-14-6-10-21(11-7-14)13-17(23)20-15-4-5-16(19-12-15)22-8-2-1-3-9-22;;/h4-5,12,14H,1-3,6-11,13,18H2,(H,20,23);2*1H. The van der Waals surface area contributed by atoms with Crippen LogP contribution in [0.5, 0.6) is 0 Å². The van der Waals surface area contributed by atoms with Gasteiger partial charge in [-0.1, -0.05) is 0 Å². The minimum atomic E-state index is 0. The van der Waals surface area contributed by atoms with E-state index in [1.54, 1.807) is 6.20 Å². The monoisotopic (exact) mass is 389 g/mol. The summed E-state index contributed by atoms with van der Waals surface area (Å²) in [7, 11) is 0. The molecule has 1 aromatic rings. The van der Waals surface area contributed by atoms with Gasteiger partial charge in [0.25, 0.3) is 0 Å². The van der Waals surface area contributed by atoms with Crippen LogP contribution in [-0.2, 0) is 4.79 Å². The van der Waals surface area contributed by atoms with Gasteiger partial charge >= 0.3 is 0 Å². The third-order valence-electron chi connectivity index (χ3n) is 4.71. The van der Waals surface area contributed by atoms with E-state index in [2.05, 4.69) is 20.1 Å². The molecule has 142 valence electrons. The van der Waals surface area contributed by atoms with Crippen LogP contribution in [0, 0.1) is 0 Å². The van der Waals surface area contributed by atoms with Crippen LogP contribution >= 0.6 is 24.8 Å². The van der Waals surface area contributed by atoms with E-state index < -0.39 is 0 Å². The number of nitrogens with two attached hydrogens (primary N) is 1. The number of amides is 1. The van der Waals surface area contributed by atoms with Crippen LogP contribution in [0.4, 0.5) is 11.5 Å². The number of nitrogens with zero attached hydrogens (tertiary/aromatic N) is 3. The number of carbonyl (C=O) groups excluding carboxylic acids is 1. The molecule has 0 spiro atoms. The first-order chi connectivity index (χ1) is 11.2. The lowest BCUT2D eigenvalue weighted by Gasteiger charge is -2.29. The van der Waals surface area contributed by atoms with E-state index in [1.165, 1.54) is 19.3 Å². The summed E-state index contributed by atoms with van der Waals surface area (Å²) in [5.41, 5.74) is 6.66. The van der Waals surface area contributed by atoms with Crippen LogP contribution in [0.15, 0.2) is 18.3 Å². The van der Waals surface area contributed by atoms with Crippen molar-refractivity contribution in [2.24, 2.45) is 5.73 Å². The van der Waals surface area contributed by atoms with Gasteiger partial charge in [-0.25, -0.2) is 4.98 Å². The maximum absolute atomic E-state index is 12.1. The molecule has 3 heterocycles. The maximum Gasteiger partial charge on any atom is 0.238 e. The molecular formula is C17H29Cl2N5O. The van der Waals surface area contributed by atoms with Gasteiger partial charge in [0.2, 0.25) is 5.91 Å². The topological polar surface area (TPSA) is 74.5 Å². The summed E-state index contributed by atoms with van der Waals surface area (Å²) in [5.74, 6) is 1.03. The fourth-order valence-electron chi connectivity index (χ4n) is 3.28. The van der Waals surface area contributed by atoms with Crippen molar-refractivity contribution in [2.45, 2.75) is 38.1 Å². The fraction of sp³-hybridized carbons (Fsp3) is 0.647. The summed E-state index contributed by atoms with van der Waals surface area (Å²) in [4.78, 5) is 21.1. The molecule has 0 radical (unpaired) electrons. The van der Waals surface area contributed by atoms with E-state index in [0.29, 0.717) is 12.6 Å². The molecule has 0 unspecified atom stereocenters. The van der Waals surface area contributed by atoms with Gasteiger partial charge in [0.05, 0.1) is 18.4 Å². The lowest BCUT2D eigenvalue weighted by molar-refractivity contribution is -0.117. The molecule has 2 fully saturated rings. The SMILES string of the molecule is Cl.Cl.NC1CCN(CC(=O)Nc2ccc(N3CCCCC3)nc2)CC1. The Morgan fingerprint density at radius 3 is 2.40 bits per heavy atom. The van der Waals surface area contributed by atoms with Crippen LogP contribution in [0.3, 0.4) is 0 Å². The van der Waals surface area contributed by atoms with Crippen LogP contribution in [-0.4, -0.2) is 54.6 Å². The van der Waals surface area contributed by atoms with E-state index in [9.17, 15) is 4.79 Å². The molecule has 2 saturated heterocycles. The number of hydrogen-bond donors (Lipinski definition) is 2. The zero-order valence-corrected chi connectivity index (χ0v) is 16.2. The molecule has 2 aliphatic rings. The van der Waals surface area contributed by atoms with Gasteiger partial charge in [-0.3, -0.25) is 9.69 Å². The highest BCUT2D eigenvalue weighted by Gasteiger charge is 2.18. The maximum atomic E-state index is 12.1. The largest absolute Gasteiger partial charge is 0.357 e. The Morgan fingerprint density at radius 1 is 1.12 bits per heavy atom. The molecule has 0 saturated carbocycles. The Balaban J connectivity index is 0.00000156. The number of hydrogen-bond acceptors (Lipinski definition) is 5. The van der Waals surface area contributed by atoms with Crippen LogP contribution < -0.4 is 16.0 Å². The average Bonchev–Trinajstić information content (AvgIpc) is 2.58. The lowest BCUT2D eigenvalue weighted by Crippen LogP contribution is -2.43. The van der Waals surface area contributed by atoms with E-state index in [-0.39, 0.29) is 30.7 Å². The van der Waals surface area contributed by atoms with E-state index >= 15 is 0 Å². The number of carbonyl (C=O) groups is 1. The summed E-state index contributed by atoms with van der Waals surface area (Å²) in [6, 6.07) is 4.24. The molecule has 25 heavy (non-hydrogen) atoms. The number of halogens is 2. The van der Waals surface area contributed by atoms with Crippen molar-refractivity contribution in [1.82, 2.24) is 9.88 Å². The summed E-state index contributed by atoms with van der Waals surface area (Å²) in [5, 5.41) is 2.94. The number of rotatable bonds is 4. The number of aromatic nitrogens is 1. The van der Waals surface area contributed by atoms with Gasteiger partial charge in [-0.05, 0) is 44.2 Å². The molecule has 0 aliphatic carbocycles. The smallest absolute Gasteiger partial charge is 0.238 e. The molecule has 6 nitrogen and oxygen atoms in total. The molecule has 3 N–H and O–H groups in total. The van der Waals surface area contributed by atoms with Crippen molar-refractivity contribution in [1.29, 1.82) is 0 Å². The summed E-state index contributed by atoms with van der Waals surface area (Å²) < 4.78 is 0. The third kappa shape index (κ3) is 6.62. The van der Waals surface area contributed by atoms with Crippen molar-refractivity contribution < 1.29 is 4.79 Å². The first-order valence-electron chi connectivity index (χ1n) is 8.69. The highest BCUT2D eigenvalue weighted by molar-refractivity contribution is 5.92. The van der Waals surface area contributed by atoms with Crippen molar-refractivity contribution in [3.8, 4) is 0 Å². The van der Waals surface area contributed by atoms with E-state index in [0.717, 1.165) is 50.5 Å². The Hall–Kier alpha value is -1.08. The van der Waals surface area contributed by atoms with E-state index in [4.69, 9.17) is 5.73 Å². The molecule has 0 bridgehead atoms. The molecule has 0 aromatic carbocycles. The molecule has 2 aliphatic heterocycles. The molecule has 0 atom stereocenters. The van der Waals surface area contributed by atoms with Gasteiger partial charge in [0, 0.05) is 32.2 Å². The Morgan fingerprint density at radius 2 is 1.80 bits per heavy atom. The zero-order valence-electron chi connectivity index (χ0n) is 14.5. The molecule has 3 rings (SSSR count). The summed E-state index contributed by atoms with van der Waals surface area (Å²) >= 11 is 0. The number of piperidine rings is 2. The van der Waals surface area contributed by atoms with Crippen molar-refractivity contribution >= 4 is 42.2 Å². The quantitative estimate of drug-likeness (QED) is 0.825. The molecule has 1 aromatic heterocycles. The van der Waals surface area contributed by atoms with Crippen LogP contribution in [0.1, 0.15) is 32.1 Å². The summed E-state index contributed by atoms with van der Waals surface area (Å²) in [6.45, 7) is 4.40. The van der Waals surface area contributed by atoms with Crippen molar-refractivity contribution in [3.05, 3.63) is 18.3 Å². The Labute approximate surface area is 162 Å². The van der Waals surface area contributed by atoms with Gasteiger partial charge in [-0.15, -0.1) is 24.8 Å². The van der Waals surface area contributed by atoms with Gasteiger partial charge in [0.1, 0.15) is 5.82 Å². The average molecular weight is 390 g/mol. The van der Waals surface area contributed by atoms with Crippen LogP contribution in [0.2, 0.25) is 0 Å². The highest BCUT2D eigenvalue weighted by Crippen LogP contribution is 2.19. The number of nitrogens with one attached hydrogen (secondary N) is 1. The van der Waals surface area contributed by atoms with Gasteiger partial charge in [-0.2, -0.15) is 0 Å². The third-order valence-corrected chi connectivity index (χ3v) is 4.71. The van der Waals surface area contributed by atoms with Gasteiger partial charge in [0.15, 0.2) is 0 Å². The molecular weight excluding hydrogens is 361 g/mol. The number of anilines is 2. The Kier molecular flexibility index (Phi) is 9.50. The Bertz CT molecular complexity index is 514. The van der Waals surface area contributed by atoms with E-state index in [1.807, 2.05) is 12.1 Å². The normalized spacial score (nSPS) is 18.8. The summed E-state index contributed by atoms with van der Waals surface area (Å²) in [6.07, 6.45) is 7.48. The first kappa shape index (κ1) is 22.0. The predicted octanol–water partition coefficient (Wildman–Crippen LogP) is 2.28. The van der Waals surface area contributed by atoms with Gasteiger partial charge < -0.3 is 16.0 Å². The minimum absolute atomic E-state index is 0.